The average molecular weight is 380 g/mol. The van der Waals surface area contributed by atoms with Crippen LogP contribution in [0.15, 0.2) is 42.6 Å². The third-order valence-corrected chi connectivity index (χ3v) is 5.28. The van der Waals surface area contributed by atoms with Crippen LogP contribution in [0.5, 0.6) is 11.5 Å². The summed E-state index contributed by atoms with van der Waals surface area (Å²) in [4.78, 5) is 2.51. The second-order valence-corrected chi connectivity index (χ2v) is 7.28. The highest BCUT2D eigenvalue weighted by molar-refractivity contribution is 5.83. The van der Waals surface area contributed by atoms with E-state index in [1.54, 1.807) is 7.11 Å². The maximum atomic E-state index is 6.04. The molecule has 0 spiro atoms. The average Bonchev–Trinajstić information content (AvgIpc) is 3.36. The predicted octanol–water partition coefficient (Wildman–Crippen LogP) is 4.19. The summed E-state index contributed by atoms with van der Waals surface area (Å²) in [6.07, 6.45) is 5.55. The van der Waals surface area contributed by atoms with Crippen molar-refractivity contribution in [2.75, 3.05) is 38.7 Å². The first-order valence-corrected chi connectivity index (χ1v) is 9.95. The molecule has 4 rings (SSSR count). The van der Waals surface area contributed by atoms with Gasteiger partial charge in [-0.2, -0.15) is 5.10 Å². The summed E-state index contributed by atoms with van der Waals surface area (Å²) in [5, 5.41) is 8.88. The van der Waals surface area contributed by atoms with Gasteiger partial charge >= 0.3 is 0 Å². The Kier molecular flexibility index (Phi) is 5.67. The van der Waals surface area contributed by atoms with Crippen molar-refractivity contribution in [3.63, 3.8) is 0 Å². The van der Waals surface area contributed by atoms with Crippen LogP contribution in [-0.2, 0) is 7.05 Å². The molecule has 0 saturated carbocycles. The number of rotatable bonds is 8. The topological polar surface area (TPSA) is 51.6 Å². The third-order valence-electron chi connectivity index (χ3n) is 5.28. The van der Waals surface area contributed by atoms with Gasteiger partial charge in [0.2, 0.25) is 0 Å². The van der Waals surface area contributed by atoms with Gasteiger partial charge in [0.1, 0.15) is 0 Å². The maximum Gasteiger partial charge on any atom is 0.163 e. The molecule has 1 aliphatic rings. The zero-order chi connectivity index (χ0) is 19.3. The minimum Gasteiger partial charge on any atom is -0.493 e. The summed E-state index contributed by atoms with van der Waals surface area (Å²) in [5.41, 5.74) is 3.08. The molecule has 1 N–H and O–H groups in total. The molecule has 6 nitrogen and oxygen atoms in total. The molecule has 0 radical (unpaired) electrons. The first-order chi connectivity index (χ1) is 13.7. The highest BCUT2D eigenvalue weighted by Gasteiger charge is 2.11. The summed E-state index contributed by atoms with van der Waals surface area (Å²) >= 11 is 0. The molecule has 0 bridgehead atoms. The highest BCUT2D eigenvalue weighted by atomic mass is 16.5. The molecule has 1 aromatic heterocycles. The number of ether oxygens (including phenoxy) is 2. The smallest absolute Gasteiger partial charge is 0.163 e. The van der Waals surface area contributed by atoms with Crippen molar-refractivity contribution < 1.29 is 9.47 Å². The molecule has 28 heavy (non-hydrogen) atoms. The number of likely N-dealkylation sites (tertiary alicyclic amines) is 1. The molecule has 0 aliphatic carbocycles. The van der Waals surface area contributed by atoms with Gasteiger partial charge in [-0.25, -0.2) is 0 Å². The molecule has 0 unspecified atom stereocenters. The lowest BCUT2D eigenvalue weighted by Crippen LogP contribution is -2.21. The lowest BCUT2D eigenvalue weighted by atomic mass is 10.2. The van der Waals surface area contributed by atoms with Crippen molar-refractivity contribution in [1.29, 1.82) is 0 Å². The highest BCUT2D eigenvalue weighted by Crippen LogP contribution is 2.32. The van der Waals surface area contributed by atoms with Crippen molar-refractivity contribution in [2.45, 2.75) is 19.3 Å². The molecule has 6 heteroatoms. The Balaban J connectivity index is 1.42. The van der Waals surface area contributed by atoms with Gasteiger partial charge in [0.15, 0.2) is 11.5 Å². The van der Waals surface area contributed by atoms with E-state index in [2.05, 4.69) is 33.5 Å². The zero-order valence-electron chi connectivity index (χ0n) is 16.6. The predicted molar refractivity (Wildman–Crippen MR) is 113 cm³/mol. The Morgan fingerprint density at radius 3 is 2.64 bits per heavy atom. The van der Waals surface area contributed by atoms with Gasteiger partial charge in [0.05, 0.1) is 25.4 Å². The monoisotopic (exact) mass is 380 g/mol. The van der Waals surface area contributed by atoms with Gasteiger partial charge in [0, 0.05) is 36.4 Å². The standard InChI is InChI=1S/C22H28N4O2/c1-25-20-14-18(7-6-17(20)16-23-25)24-19-8-9-21(27-2)22(15-19)28-13-5-12-26-10-3-4-11-26/h6-9,14-16,24H,3-5,10-13H2,1-2H3. The van der Waals surface area contributed by atoms with Crippen molar-refractivity contribution in [3.05, 3.63) is 42.6 Å². The summed E-state index contributed by atoms with van der Waals surface area (Å²) in [6, 6.07) is 12.2. The molecular formula is C22H28N4O2. The van der Waals surface area contributed by atoms with E-state index in [1.807, 2.05) is 36.1 Å². The van der Waals surface area contributed by atoms with E-state index >= 15 is 0 Å². The molecule has 1 aliphatic heterocycles. The Morgan fingerprint density at radius 2 is 1.82 bits per heavy atom. The molecular weight excluding hydrogens is 352 g/mol. The van der Waals surface area contributed by atoms with Crippen LogP contribution >= 0.6 is 0 Å². The van der Waals surface area contributed by atoms with E-state index in [4.69, 9.17) is 9.47 Å². The fourth-order valence-electron chi connectivity index (χ4n) is 3.73. The van der Waals surface area contributed by atoms with Crippen LogP contribution in [-0.4, -0.2) is 48.0 Å². The van der Waals surface area contributed by atoms with E-state index in [0.717, 1.165) is 46.7 Å². The summed E-state index contributed by atoms with van der Waals surface area (Å²) in [6.45, 7) is 4.25. The number of aryl methyl sites for hydroxylation is 1. The number of aromatic nitrogens is 2. The molecule has 2 aromatic carbocycles. The van der Waals surface area contributed by atoms with Crippen LogP contribution in [0.3, 0.4) is 0 Å². The molecule has 0 atom stereocenters. The number of nitrogens with zero attached hydrogens (tertiary/aromatic N) is 3. The number of hydrogen-bond donors (Lipinski definition) is 1. The van der Waals surface area contributed by atoms with Crippen LogP contribution in [0, 0.1) is 0 Å². The summed E-state index contributed by atoms with van der Waals surface area (Å²) < 4.78 is 13.4. The van der Waals surface area contributed by atoms with Crippen molar-refractivity contribution in [3.8, 4) is 11.5 Å². The fraction of sp³-hybridized carbons (Fsp3) is 0.409. The molecule has 1 saturated heterocycles. The SMILES string of the molecule is COc1ccc(Nc2ccc3cnn(C)c3c2)cc1OCCCN1CCCC1. The van der Waals surface area contributed by atoms with E-state index < -0.39 is 0 Å². The minimum atomic E-state index is 0.692. The van der Waals surface area contributed by atoms with Crippen LogP contribution < -0.4 is 14.8 Å². The second-order valence-electron chi connectivity index (χ2n) is 7.28. The number of methoxy groups -OCH3 is 1. The number of fused-ring (bicyclic) bond motifs is 1. The Bertz CT molecular complexity index is 931. The normalized spacial score (nSPS) is 14.5. The van der Waals surface area contributed by atoms with Crippen LogP contribution in [0.1, 0.15) is 19.3 Å². The van der Waals surface area contributed by atoms with Gasteiger partial charge in [0.25, 0.3) is 0 Å². The van der Waals surface area contributed by atoms with Crippen molar-refractivity contribution >= 4 is 22.3 Å². The van der Waals surface area contributed by atoms with Crippen molar-refractivity contribution in [1.82, 2.24) is 14.7 Å². The largest absolute Gasteiger partial charge is 0.493 e. The van der Waals surface area contributed by atoms with Crippen LogP contribution in [0.4, 0.5) is 11.4 Å². The number of nitrogens with one attached hydrogen (secondary N) is 1. The Hall–Kier alpha value is -2.73. The van der Waals surface area contributed by atoms with Gasteiger partial charge in [-0.3, -0.25) is 4.68 Å². The molecule has 1 fully saturated rings. The van der Waals surface area contributed by atoms with Crippen LogP contribution in [0.2, 0.25) is 0 Å². The van der Waals surface area contributed by atoms with Crippen molar-refractivity contribution in [2.24, 2.45) is 7.05 Å². The zero-order valence-corrected chi connectivity index (χ0v) is 16.6. The van der Waals surface area contributed by atoms with Gasteiger partial charge in [-0.05, 0) is 62.7 Å². The van der Waals surface area contributed by atoms with Crippen LogP contribution in [0.25, 0.3) is 10.9 Å². The molecule has 0 amide bonds. The first kappa shape index (κ1) is 18.6. The summed E-state index contributed by atoms with van der Waals surface area (Å²) in [5.74, 6) is 1.53. The van der Waals surface area contributed by atoms with E-state index in [1.165, 1.54) is 25.9 Å². The number of hydrogen-bond acceptors (Lipinski definition) is 5. The van der Waals surface area contributed by atoms with E-state index in [0.29, 0.717) is 6.61 Å². The van der Waals surface area contributed by atoms with E-state index in [-0.39, 0.29) is 0 Å². The second kappa shape index (κ2) is 8.52. The van der Waals surface area contributed by atoms with Gasteiger partial charge in [-0.1, -0.05) is 0 Å². The maximum absolute atomic E-state index is 6.04. The Labute approximate surface area is 166 Å². The number of benzene rings is 2. The lowest BCUT2D eigenvalue weighted by Gasteiger charge is -2.16. The van der Waals surface area contributed by atoms with Gasteiger partial charge < -0.3 is 19.7 Å². The van der Waals surface area contributed by atoms with E-state index in [9.17, 15) is 0 Å². The fourth-order valence-corrected chi connectivity index (χ4v) is 3.73. The number of anilines is 2. The molecule has 3 aromatic rings. The Morgan fingerprint density at radius 1 is 1.04 bits per heavy atom. The summed E-state index contributed by atoms with van der Waals surface area (Å²) in [7, 11) is 3.63. The quantitative estimate of drug-likeness (QED) is 0.594. The first-order valence-electron chi connectivity index (χ1n) is 9.95. The molecule has 148 valence electrons. The lowest BCUT2D eigenvalue weighted by molar-refractivity contribution is 0.254. The minimum absolute atomic E-state index is 0.692. The molecule has 2 heterocycles. The van der Waals surface area contributed by atoms with Gasteiger partial charge in [-0.15, -0.1) is 0 Å². The third kappa shape index (κ3) is 4.22.